The summed E-state index contributed by atoms with van der Waals surface area (Å²) in [6.07, 6.45) is 2.47. The molecule has 0 bridgehead atoms. The summed E-state index contributed by atoms with van der Waals surface area (Å²) in [6, 6.07) is 6.21. The summed E-state index contributed by atoms with van der Waals surface area (Å²) in [4.78, 5) is 22.4. The number of nitro benzene ring substituents is 1. The first kappa shape index (κ1) is 14.7. The molecule has 104 valence electrons. The highest BCUT2D eigenvalue weighted by Crippen LogP contribution is 2.26. The molecule has 1 N–H and O–H groups in total. The number of nitro groups is 1. The molecular weight excluding hydrogens is 373 g/mol. The van der Waals surface area contributed by atoms with E-state index >= 15 is 0 Å². The first-order chi connectivity index (χ1) is 9.52. The number of amides is 1. The van der Waals surface area contributed by atoms with E-state index in [1.165, 1.54) is 12.1 Å². The van der Waals surface area contributed by atoms with Crippen molar-refractivity contribution in [3.63, 3.8) is 0 Å². The third-order valence-corrected chi connectivity index (χ3v) is 4.34. The number of hydrogen-bond acceptors (Lipinski definition) is 4. The molecule has 0 radical (unpaired) electrons. The molecule has 7 heteroatoms. The number of halogens is 1. The van der Waals surface area contributed by atoms with E-state index in [9.17, 15) is 14.9 Å². The maximum atomic E-state index is 12.2. The molecule has 0 aromatic heterocycles. The van der Waals surface area contributed by atoms with Crippen molar-refractivity contribution in [2.75, 3.05) is 0 Å². The van der Waals surface area contributed by atoms with Crippen LogP contribution in [-0.2, 0) is 0 Å². The summed E-state index contributed by atoms with van der Waals surface area (Å²) in [5, 5.41) is 22.6. The monoisotopic (exact) mass is 385 g/mol. The zero-order valence-electron chi connectivity index (χ0n) is 10.5. The summed E-state index contributed by atoms with van der Waals surface area (Å²) in [6.45, 7) is 0. The Bertz CT molecular complexity index is 597. The molecule has 1 aliphatic carbocycles. The van der Waals surface area contributed by atoms with Gasteiger partial charge in [-0.3, -0.25) is 14.9 Å². The van der Waals surface area contributed by atoms with Gasteiger partial charge in [-0.1, -0.05) is 0 Å². The van der Waals surface area contributed by atoms with E-state index in [1.807, 2.05) is 22.6 Å². The fraction of sp³-hybridized carbons (Fsp3) is 0.385. The number of nitrogens with one attached hydrogen (secondary N) is 1. The molecule has 0 saturated heterocycles. The number of rotatable bonds is 3. The van der Waals surface area contributed by atoms with Crippen LogP contribution >= 0.6 is 22.6 Å². The Morgan fingerprint density at radius 3 is 2.90 bits per heavy atom. The number of benzene rings is 1. The van der Waals surface area contributed by atoms with Crippen molar-refractivity contribution < 1.29 is 9.72 Å². The van der Waals surface area contributed by atoms with E-state index < -0.39 is 4.92 Å². The Morgan fingerprint density at radius 1 is 1.50 bits per heavy atom. The molecule has 1 aromatic carbocycles. The smallest absolute Gasteiger partial charge is 0.270 e. The standard InChI is InChI=1S/C13H12IN3O3/c14-11-5-4-9(17(19)20)6-10(11)13(18)16-12-3-1-2-8(12)7-15/h4-6,8,12H,1-3H2,(H,16,18). The second-order valence-corrected chi connectivity index (χ2v) is 5.83. The Labute approximate surface area is 129 Å². The predicted molar refractivity (Wildman–Crippen MR) is 80.0 cm³/mol. The van der Waals surface area contributed by atoms with E-state index in [-0.39, 0.29) is 29.1 Å². The van der Waals surface area contributed by atoms with E-state index in [1.54, 1.807) is 6.07 Å². The van der Waals surface area contributed by atoms with Crippen LogP contribution in [0, 0.1) is 30.9 Å². The molecule has 1 fully saturated rings. The van der Waals surface area contributed by atoms with Crippen molar-refractivity contribution in [2.24, 2.45) is 5.92 Å². The number of nitriles is 1. The van der Waals surface area contributed by atoms with Crippen molar-refractivity contribution in [1.29, 1.82) is 5.26 Å². The van der Waals surface area contributed by atoms with Crippen LogP contribution in [0.5, 0.6) is 0 Å². The van der Waals surface area contributed by atoms with Crippen LogP contribution in [0.15, 0.2) is 18.2 Å². The Kier molecular flexibility index (Phi) is 4.54. The minimum absolute atomic E-state index is 0.112. The molecule has 0 spiro atoms. The summed E-state index contributed by atoms with van der Waals surface area (Å²) in [5.41, 5.74) is 0.169. The Hall–Kier alpha value is -1.69. The van der Waals surface area contributed by atoms with Gasteiger partial charge >= 0.3 is 0 Å². The van der Waals surface area contributed by atoms with E-state index in [2.05, 4.69) is 11.4 Å². The second kappa shape index (κ2) is 6.17. The lowest BCUT2D eigenvalue weighted by Gasteiger charge is -2.16. The molecule has 20 heavy (non-hydrogen) atoms. The quantitative estimate of drug-likeness (QED) is 0.492. The van der Waals surface area contributed by atoms with E-state index in [0.29, 0.717) is 3.57 Å². The van der Waals surface area contributed by atoms with Gasteiger partial charge in [0, 0.05) is 21.7 Å². The SMILES string of the molecule is N#CC1CCCC1NC(=O)c1cc([N+](=O)[O-])ccc1I. The second-order valence-electron chi connectivity index (χ2n) is 4.67. The summed E-state index contributed by atoms with van der Waals surface area (Å²) >= 11 is 1.97. The summed E-state index contributed by atoms with van der Waals surface area (Å²) < 4.78 is 0.650. The Morgan fingerprint density at radius 2 is 2.25 bits per heavy atom. The van der Waals surface area contributed by atoms with Gasteiger partial charge in [-0.2, -0.15) is 5.26 Å². The van der Waals surface area contributed by atoms with Gasteiger partial charge in [0.25, 0.3) is 11.6 Å². The van der Waals surface area contributed by atoms with Crippen LogP contribution in [0.4, 0.5) is 5.69 Å². The minimum atomic E-state index is -0.527. The van der Waals surface area contributed by atoms with Gasteiger partial charge in [0.15, 0.2) is 0 Å². The van der Waals surface area contributed by atoms with Gasteiger partial charge in [0.1, 0.15) is 0 Å². The fourth-order valence-electron chi connectivity index (χ4n) is 2.33. The van der Waals surface area contributed by atoms with Gasteiger partial charge in [-0.05, 0) is 47.9 Å². The average Bonchev–Trinajstić information content (AvgIpc) is 2.86. The van der Waals surface area contributed by atoms with Crippen LogP contribution in [-0.4, -0.2) is 16.9 Å². The maximum absolute atomic E-state index is 12.2. The lowest BCUT2D eigenvalue weighted by molar-refractivity contribution is -0.384. The minimum Gasteiger partial charge on any atom is -0.348 e. The average molecular weight is 385 g/mol. The van der Waals surface area contributed by atoms with Crippen molar-refractivity contribution in [3.8, 4) is 6.07 Å². The third-order valence-electron chi connectivity index (χ3n) is 3.40. The first-order valence-corrected chi connectivity index (χ1v) is 7.25. The van der Waals surface area contributed by atoms with Gasteiger partial charge in [0.2, 0.25) is 0 Å². The van der Waals surface area contributed by atoms with Crippen LogP contribution in [0.1, 0.15) is 29.6 Å². The fourth-order valence-corrected chi connectivity index (χ4v) is 2.91. The molecule has 6 nitrogen and oxygen atoms in total. The normalized spacial score (nSPS) is 21.2. The lowest BCUT2D eigenvalue weighted by atomic mass is 10.1. The molecule has 1 aliphatic rings. The highest BCUT2D eigenvalue weighted by Gasteiger charge is 2.29. The molecule has 1 aromatic rings. The molecular formula is C13H12IN3O3. The van der Waals surface area contributed by atoms with Crippen molar-refractivity contribution in [2.45, 2.75) is 25.3 Å². The molecule has 2 unspecified atom stereocenters. The molecule has 1 saturated carbocycles. The number of carbonyl (C=O) groups excluding carboxylic acids is 1. The van der Waals surface area contributed by atoms with Crippen molar-refractivity contribution >= 4 is 34.2 Å². The first-order valence-electron chi connectivity index (χ1n) is 6.17. The number of non-ortho nitro benzene ring substituents is 1. The molecule has 2 rings (SSSR count). The van der Waals surface area contributed by atoms with Crippen LogP contribution in [0.25, 0.3) is 0 Å². The van der Waals surface area contributed by atoms with Gasteiger partial charge in [0.05, 0.1) is 22.5 Å². The van der Waals surface area contributed by atoms with E-state index in [0.717, 1.165) is 19.3 Å². The maximum Gasteiger partial charge on any atom is 0.270 e. The highest BCUT2D eigenvalue weighted by atomic mass is 127. The number of nitrogens with zero attached hydrogens (tertiary/aromatic N) is 2. The van der Waals surface area contributed by atoms with Gasteiger partial charge < -0.3 is 5.32 Å². The number of carbonyl (C=O) groups is 1. The summed E-state index contributed by atoms with van der Waals surface area (Å²) in [7, 11) is 0. The lowest BCUT2D eigenvalue weighted by Crippen LogP contribution is -2.37. The van der Waals surface area contributed by atoms with Crippen LogP contribution < -0.4 is 5.32 Å². The third kappa shape index (κ3) is 3.07. The molecule has 1 amide bonds. The molecule has 2 atom stereocenters. The predicted octanol–water partition coefficient (Wildman–Crippen LogP) is 2.62. The topological polar surface area (TPSA) is 96.0 Å². The van der Waals surface area contributed by atoms with Gasteiger partial charge in [-0.15, -0.1) is 0 Å². The molecule has 0 heterocycles. The number of hydrogen-bond donors (Lipinski definition) is 1. The Balaban J connectivity index is 2.19. The highest BCUT2D eigenvalue weighted by molar-refractivity contribution is 14.1. The van der Waals surface area contributed by atoms with E-state index in [4.69, 9.17) is 5.26 Å². The van der Waals surface area contributed by atoms with Crippen molar-refractivity contribution in [3.05, 3.63) is 37.4 Å². The zero-order valence-corrected chi connectivity index (χ0v) is 12.7. The largest absolute Gasteiger partial charge is 0.348 e. The zero-order chi connectivity index (χ0) is 14.7. The van der Waals surface area contributed by atoms with Crippen LogP contribution in [0.2, 0.25) is 0 Å². The summed E-state index contributed by atoms with van der Waals surface area (Å²) in [5.74, 6) is -0.527. The van der Waals surface area contributed by atoms with Crippen molar-refractivity contribution in [1.82, 2.24) is 5.32 Å². The van der Waals surface area contributed by atoms with Crippen LogP contribution in [0.3, 0.4) is 0 Å². The van der Waals surface area contributed by atoms with Gasteiger partial charge in [-0.25, -0.2) is 0 Å². The molecule has 0 aliphatic heterocycles.